The number of piperazine rings is 1. The van der Waals surface area contributed by atoms with Crippen molar-refractivity contribution < 1.29 is 0 Å². The molecule has 0 saturated carbocycles. The largest absolute Gasteiger partial charge is 0.354 e. The van der Waals surface area contributed by atoms with Gasteiger partial charge in [-0.25, -0.2) is 4.98 Å². The van der Waals surface area contributed by atoms with E-state index < -0.39 is 0 Å². The van der Waals surface area contributed by atoms with Crippen LogP contribution in [0.1, 0.15) is 5.56 Å². The predicted molar refractivity (Wildman–Crippen MR) is 98.0 cm³/mol. The van der Waals surface area contributed by atoms with Gasteiger partial charge in [0.05, 0.1) is 0 Å². The normalized spacial score (nSPS) is 15.7. The fourth-order valence-corrected chi connectivity index (χ4v) is 3.21. The van der Waals surface area contributed by atoms with Crippen LogP contribution >= 0.6 is 15.9 Å². The summed E-state index contributed by atoms with van der Waals surface area (Å²) in [6.45, 7) is 5.09. The van der Waals surface area contributed by atoms with Crippen LogP contribution in [-0.2, 0) is 6.54 Å². The molecule has 0 aliphatic carbocycles. The van der Waals surface area contributed by atoms with E-state index in [0.29, 0.717) is 0 Å². The average molecular weight is 376 g/mol. The minimum atomic E-state index is 0.763. The molecule has 0 N–H and O–H groups in total. The van der Waals surface area contributed by atoms with Gasteiger partial charge in [0.1, 0.15) is 5.82 Å². The minimum absolute atomic E-state index is 0.763. The lowest BCUT2D eigenvalue weighted by molar-refractivity contribution is 0.249. The molecule has 5 nitrogen and oxygen atoms in total. The summed E-state index contributed by atoms with van der Waals surface area (Å²) in [5, 5.41) is 0. The molecule has 2 aromatic rings. The fraction of sp³-hybridized carbons (Fsp3) is 0.412. The molecule has 1 fully saturated rings. The van der Waals surface area contributed by atoms with Gasteiger partial charge in [-0.15, -0.1) is 0 Å². The lowest BCUT2D eigenvalue weighted by Gasteiger charge is -2.35. The lowest BCUT2D eigenvalue weighted by atomic mass is 10.2. The number of anilines is 2. The standard InChI is InChI=1S/C17H22BrN5/c1-21(2)17-19-7-6-16(20-17)23-10-8-22(9-11-23)13-14-4-3-5-15(18)12-14/h3-7,12H,8-11,13H2,1-2H3. The molecular weight excluding hydrogens is 354 g/mol. The second-order valence-corrected chi connectivity index (χ2v) is 6.92. The van der Waals surface area contributed by atoms with E-state index in [2.05, 4.69) is 60.0 Å². The van der Waals surface area contributed by atoms with E-state index >= 15 is 0 Å². The Hall–Kier alpha value is -1.66. The first-order chi connectivity index (χ1) is 11.1. The van der Waals surface area contributed by atoms with Crippen LogP contribution in [0.4, 0.5) is 11.8 Å². The van der Waals surface area contributed by atoms with Crippen LogP contribution in [0.25, 0.3) is 0 Å². The quantitative estimate of drug-likeness (QED) is 0.820. The van der Waals surface area contributed by atoms with E-state index in [1.165, 1.54) is 5.56 Å². The molecule has 0 radical (unpaired) electrons. The van der Waals surface area contributed by atoms with Gasteiger partial charge in [-0.1, -0.05) is 28.1 Å². The summed E-state index contributed by atoms with van der Waals surface area (Å²) in [6.07, 6.45) is 1.84. The molecule has 0 atom stereocenters. The molecule has 23 heavy (non-hydrogen) atoms. The highest BCUT2D eigenvalue weighted by Gasteiger charge is 2.18. The van der Waals surface area contributed by atoms with Crippen molar-refractivity contribution in [3.8, 4) is 0 Å². The average Bonchev–Trinajstić information content (AvgIpc) is 2.56. The predicted octanol–water partition coefficient (Wildman–Crippen LogP) is 2.63. The summed E-state index contributed by atoms with van der Waals surface area (Å²) < 4.78 is 1.14. The van der Waals surface area contributed by atoms with Crippen molar-refractivity contribution in [3.63, 3.8) is 0 Å². The maximum Gasteiger partial charge on any atom is 0.226 e. The van der Waals surface area contributed by atoms with Gasteiger partial charge < -0.3 is 9.80 Å². The Balaban J connectivity index is 1.59. The molecule has 0 amide bonds. The molecule has 122 valence electrons. The topological polar surface area (TPSA) is 35.5 Å². The third kappa shape index (κ3) is 4.20. The van der Waals surface area contributed by atoms with Crippen molar-refractivity contribution in [1.29, 1.82) is 0 Å². The third-order valence-corrected chi connectivity index (χ3v) is 4.51. The van der Waals surface area contributed by atoms with Crippen LogP contribution in [0.15, 0.2) is 41.0 Å². The van der Waals surface area contributed by atoms with Crippen molar-refractivity contribution in [1.82, 2.24) is 14.9 Å². The molecule has 1 aromatic carbocycles. The molecule has 0 spiro atoms. The zero-order valence-corrected chi connectivity index (χ0v) is 15.2. The minimum Gasteiger partial charge on any atom is -0.354 e. The number of halogens is 1. The van der Waals surface area contributed by atoms with Gasteiger partial charge >= 0.3 is 0 Å². The van der Waals surface area contributed by atoms with Gasteiger partial charge in [-0.05, 0) is 23.8 Å². The van der Waals surface area contributed by atoms with Crippen LogP contribution in [0, 0.1) is 0 Å². The van der Waals surface area contributed by atoms with Crippen molar-refractivity contribution in [2.75, 3.05) is 50.1 Å². The van der Waals surface area contributed by atoms with Crippen LogP contribution in [-0.4, -0.2) is 55.1 Å². The number of nitrogens with zero attached hydrogens (tertiary/aromatic N) is 5. The second kappa shape index (κ2) is 7.27. The van der Waals surface area contributed by atoms with E-state index in [1.807, 2.05) is 31.3 Å². The summed E-state index contributed by atoms with van der Waals surface area (Å²) in [5.74, 6) is 1.78. The summed E-state index contributed by atoms with van der Waals surface area (Å²) in [7, 11) is 3.93. The molecule has 1 saturated heterocycles. The highest BCUT2D eigenvalue weighted by molar-refractivity contribution is 9.10. The maximum atomic E-state index is 4.63. The Labute approximate surface area is 146 Å². The lowest BCUT2D eigenvalue weighted by Crippen LogP contribution is -2.46. The number of rotatable bonds is 4. The molecule has 1 aliphatic rings. The Morgan fingerprint density at radius 2 is 1.91 bits per heavy atom. The van der Waals surface area contributed by atoms with Gasteiger partial charge in [0.25, 0.3) is 0 Å². The van der Waals surface area contributed by atoms with E-state index in [4.69, 9.17) is 0 Å². The summed E-state index contributed by atoms with van der Waals surface area (Å²) in [4.78, 5) is 15.7. The Morgan fingerprint density at radius 3 is 2.61 bits per heavy atom. The van der Waals surface area contributed by atoms with Crippen molar-refractivity contribution in [2.45, 2.75) is 6.54 Å². The first-order valence-corrected chi connectivity index (χ1v) is 8.63. The molecular formula is C17H22BrN5. The maximum absolute atomic E-state index is 4.63. The monoisotopic (exact) mass is 375 g/mol. The van der Waals surface area contributed by atoms with E-state index in [0.717, 1.165) is 49.0 Å². The van der Waals surface area contributed by atoms with Crippen LogP contribution in [0.3, 0.4) is 0 Å². The molecule has 0 unspecified atom stereocenters. The van der Waals surface area contributed by atoms with E-state index in [1.54, 1.807) is 0 Å². The molecule has 3 rings (SSSR count). The Kier molecular flexibility index (Phi) is 5.13. The van der Waals surface area contributed by atoms with Crippen molar-refractivity contribution >= 4 is 27.7 Å². The number of hydrogen-bond acceptors (Lipinski definition) is 5. The van der Waals surface area contributed by atoms with Crippen LogP contribution in [0.5, 0.6) is 0 Å². The van der Waals surface area contributed by atoms with Crippen LogP contribution in [0.2, 0.25) is 0 Å². The smallest absolute Gasteiger partial charge is 0.226 e. The zero-order valence-electron chi connectivity index (χ0n) is 13.6. The van der Waals surface area contributed by atoms with E-state index in [-0.39, 0.29) is 0 Å². The van der Waals surface area contributed by atoms with Crippen molar-refractivity contribution in [2.24, 2.45) is 0 Å². The highest BCUT2D eigenvalue weighted by Crippen LogP contribution is 2.18. The van der Waals surface area contributed by atoms with Gasteiger partial charge in [0.2, 0.25) is 5.95 Å². The number of benzene rings is 1. The fourth-order valence-electron chi connectivity index (χ4n) is 2.76. The first-order valence-electron chi connectivity index (χ1n) is 7.84. The summed E-state index contributed by atoms with van der Waals surface area (Å²) in [5.41, 5.74) is 1.35. The third-order valence-electron chi connectivity index (χ3n) is 4.02. The van der Waals surface area contributed by atoms with Gasteiger partial charge in [-0.3, -0.25) is 4.90 Å². The highest BCUT2D eigenvalue weighted by atomic mass is 79.9. The second-order valence-electron chi connectivity index (χ2n) is 6.00. The van der Waals surface area contributed by atoms with Gasteiger partial charge in [0.15, 0.2) is 0 Å². The van der Waals surface area contributed by atoms with Gasteiger partial charge in [0, 0.05) is 57.5 Å². The molecule has 1 aliphatic heterocycles. The van der Waals surface area contributed by atoms with Crippen LogP contribution < -0.4 is 9.80 Å². The molecule has 1 aromatic heterocycles. The molecule has 6 heteroatoms. The number of aromatic nitrogens is 2. The molecule has 2 heterocycles. The van der Waals surface area contributed by atoms with Gasteiger partial charge in [-0.2, -0.15) is 4.98 Å². The SMILES string of the molecule is CN(C)c1nccc(N2CCN(Cc3cccc(Br)c3)CC2)n1. The Morgan fingerprint density at radius 1 is 1.13 bits per heavy atom. The van der Waals surface area contributed by atoms with E-state index in [9.17, 15) is 0 Å². The number of hydrogen-bond donors (Lipinski definition) is 0. The molecule has 0 bridgehead atoms. The summed E-state index contributed by atoms with van der Waals surface area (Å²) >= 11 is 3.54. The zero-order chi connectivity index (χ0) is 16.2. The van der Waals surface area contributed by atoms with Crippen molar-refractivity contribution in [3.05, 3.63) is 46.6 Å². The first kappa shape index (κ1) is 16.2. The Bertz CT molecular complexity index is 653. The summed E-state index contributed by atoms with van der Waals surface area (Å²) in [6, 6.07) is 10.5.